The van der Waals surface area contributed by atoms with Crippen LogP contribution in [0.5, 0.6) is 0 Å². The van der Waals surface area contributed by atoms with Crippen molar-refractivity contribution in [3.63, 3.8) is 0 Å². The molecule has 1 atom stereocenters. The largest absolute Gasteiger partial charge is 0.466 e. The molecule has 1 N–H and O–H groups in total. The molecule has 2 aromatic heterocycles. The SMILES string of the molecule is COC(=O)C1=C(C)Nc2ncnn2[C@@H]1c1cnn(C)c1. The minimum atomic E-state index is -0.398. The van der Waals surface area contributed by atoms with E-state index >= 15 is 0 Å². The van der Waals surface area contributed by atoms with Crippen LogP contribution in [0, 0.1) is 0 Å². The lowest BCUT2D eigenvalue weighted by atomic mass is 9.98. The first-order valence-corrected chi connectivity index (χ1v) is 6.06. The van der Waals surface area contributed by atoms with Crippen LogP contribution in [-0.2, 0) is 16.6 Å². The Morgan fingerprint density at radius 1 is 1.45 bits per heavy atom. The van der Waals surface area contributed by atoms with Crippen LogP contribution in [0.1, 0.15) is 18.5 Å². The number of allylic oxidation sites excluding steroid dienone is 1. The average molecular weight is 274 g/mol. The highest BCUT2D eigenvalue weighted by Gasteiger charge is 2.34. The molecule has 20 heavy (non-hydrogen) atoms. The van der Waals surface area contributed by atoms with Gasteiger partial charge in [-0.25, -0.2) is 9.48 Å². The Hall–Kier alpha value is -2.64. The number of aromatic nitrogens is 5. The summed E-state index contributed by atoms with van der Waals surface area (Å²) in [6.45, 7) is 1.81. The summed E-state index contributed by atoms with van der Waals surface area (Å²) in [4.78, 5) is 16.2. The van der Waals surface area contributed by atoms with Gasteiger partial charge in [0.1, 0.15) is 12.4 Å². The van der Waals surface area contributed by atoms with Crippen LogP contribution < -0.4 is 5.32 Å². The van der Waals surface area contributed by atoms with Gasteiger partial charge in [-0.05, 0) is 6.92 Å². The third-order valence-corrected chi connectivity index (χ3v) is 3.24. The van der Waals surface area contributed by atoms with E-state index in [2.05, 4.69) is 20.5 Å². The number of fused-ring (bicyclic) bond motifs is 1. The van der Waals surface area contributed by atoms with Crippen molar-refractivity contribution in [1.29, 1.82) is 0 Å². The molecule has 0 aliphatic carbocycles. The molecule has 1 aliphatic heterocycles. The summed E-state index contributed by atoms with van der Waals surface area (Å²) < 4.78 is 8.21. The number of ether oxygens (including phenoxy) is 1. The van der Waals surface area contributed by atoms with Crippen molar-refractivity contribution in [2.75, 3.05) is 12.4 Å². The lowest BCUT2D eigenvalue weighted by Crippen LogP contribution is -2.29. The van der Waals surface area contributed by atoms with E-state index in [-0.39, 0.29) is 0 Å². The molecular weight excluding hydrogens is 260 g/mol. The second kappa shape index (κ2) is 4.48. The van der Waals surface area contributed by atoms with Crippen LogP contribution in [0.4, 0.5) is 5.95 Å². The number of methoxy groups -OCH3 is 1. The van der Waals surface area contributed by atoms with Gasteiger partial charge in [-0.2, -0.15) is 15.2 Å². The Morgan fingerprint density at radius 3 is 2.90 bits per heavy atom. The van der Waals surface area contributed by atoms with Crippen molar-refractivity contribution in [1.82, 2.24) is 24.5 Å². The van der Waals surface area contributed by atoms with E-state index < -0.39 is 12.0 Å². The van der Waals surface area contributed by atoms with Gasteiger partial charge in [0, 0.05) is 24.5 Å². The first kappa shape index (κ1) is 12.4. The molecular formula is C12H14N6O2. The number of anilines is 1. The number of aryl methyl sites for hydroxylation is 1. The second-order valence-electron chi connectivity index (χ2n) is 4.53. The maximum atomic E-state index is 12.1. The third kappa shape index (κ3) is 1.77. The number of carbonyl (C=O) groups is 1. The Morgan fingerprint density at radius 2 is 2.25 bits per heavy atom. The summed E-state index contributed by atoms with van der Waals surface area (Å²) in [5.74, 6) is 0.189. The molecule has 0 amide bonds. The van der Waals surface area contributed by atoms with Crippen LogP contribution in [0.25, 0.3) is 0 Å². The summed E-state index contributed by atoms with van der Waals surface area (Å²) in [7, 11) is 3.18. The minimum Gasteiger partial charge on any atom is -0.466 e. The monoisotopic (exact) mass is 274 g/mol. The molecule has 8 nitrogen and oxygen atoms in total. The summed E-state index contributed by atoms with van der Waals surface area (Å²) in [6.07, 6.45) is 4.99. The molecule has 3 rings (SSSR count). The van der Waals surface area contributed by atoms with Gasteiger partial charge in [0.25, 0.3) is 0 Å². The Labute approximate surface area is 115 Å². The maximum Gasteiger partial charge on any atom is 0.338 e. The standard InChI is InChI=1S/C12H14N6O2/c1-7-9(11(19)20-3)10(8-4-14-17(2)5-8)18-12(16-7)13-6-15-18/h4-6,10H,1-3H3,(H,13,15,16)/t10-/m1/s1. The van der Waals surface area contributed by atoms with Crippen molar-refractivity contribution in [2.45, 2.75) is 13.0 Å². The van der Waals surface area contributed by atoms with Gasteiger partial charge in [-0.15, -0.1) is 0 Å². The summed E-state index contributed by atoms with van der Waals surface area (Å²) in [5.41, 5.74) is 2.05. The lowest BCUT2D eigenvalue weighted by molar-refractivity contribution is -0.136. The second-order valence-corrected chi connectivity index (χ2v) is 4.53. The normalized spacial score (nSPS) is 17.6. The predicted molar refractivity (Wildman–Crippen MR) is 69.7 cm³/mol. The molecule has 0 aromatic carbocycles. The fourth-order valence-electron chi connectivity index (χ4n) is 2.35. The molecule has 2 aromatic rings. The highest BCUT2D eigenvalue weighted by Crippen LogP contribution is 2.34. The van der Waals surface area contributed by atoms with Gasteiger partial charge >= 0.3 is 5.97 Å². The minimum absolute atomic E-state index is 0.394. The number of rotatable bonds is 2. The van der Waals surface area contributed by atoms with Crippen molar-refractivity contribution >= 4 is 11.9 Å². The van der Waals surface area contributed by atoms with E-state index in [4.69, 9.17) is 4.74 Å². The maximum absolute atomic E-state index is 12.1. The summed E-state index contributed by atoms with van der Waals surface area (Å²) in [6, 6.07) is -0.394. The molecule has 8 heteroatoms. The Bertz CT molecular complexity index is 698. The molecule has 104 valence electrons. The summed E-state index contributed by atoms with van der Waals surface area (Å²) >= 11 is 0. The van der Waals surface area contributed by atoms with E-state index in [1.807, 2.05) is 20.2 Å². The first-order valence-electron chi connectivity index (χ1n) is 6.06. The van der Waals surface area contributed by atoms with E-state index in [1.54, 1.807) is 15.6 Å². The average Bonchev–Trinajstić information content (AvgIpc) is 3.04. The van der Waals surface area contributed by atoms with Crippen LogP contribution in [0.2, 0.25) is 0 Å². The molecule has 0 unspecified atom stereocenters. The molecule has 0 spiro atoms. The quantitative estimate of drug-likeness (QED) is 0.801. The number of nitrogens with one attached hydrogen (secondary N) is 1. The highest BCUT2D eigenvalue weighted by molar-refractivity contribution is 5.92. The van der Waals surface area contributed by atoms with Crippen LogP contribution in [0.3, 0.4) is 0 Å². The Balaban J connectivity index is 2.18. The van der Waals surface area contributed by atoms with Crippen LogP contribution in [-0.4, -0.2) is 37.6 Å². The van der Waals surface area contributed by atoms with Crippen molar-refractivity contribution in [3.8, 4) is 0 Å². The van der Waals surface area contributed by atoms with Crippen LogP contribution >= 0.6 is 0 Å². The van der Waals surface area contributed by atoms with E-state index in [0.717, 1.165) is 5.56 Å². The highest BCUT2D eigenvalue weighted by atomic mass is 16.5. The third-order valence-electron chi connectivity index (χ3n) is 3.24. The Kier molecular flexibility index (Phi) is 2.78. The fourth-order valence-corrected chi connectivity index (χ4v) is 2.35. The fraction of sp³-hybridized carbons (Fsp3) is 0.333. The molecule has 0 fully saturated rings. The summed E-state index contributed by atoms with van der Waals surface area (Å²) in [5, 5.41) is 11.4. The topological polar surface area (TPSA) is 86.9 Å². The lowest BCUT2D eigenvalue weighted by Gasteiger charge is -2.26. The zero-order chi connectivity index (χ0) is 14.3. The molecule has 0 radical (unpaired) electrons. The zero-order valence-corrected chi connectivity index (χ0v) is 11.4. The number of carbonyl (C=O) groups excluding carboxylic acids is 1. The van der Waals surface area contributed by atoms with E-state index in [1.165, 1.54) is 13.4 Å². The van der Waals surface area contributed by atoms with Crippen molar-refractivity contribution in [3.05, 3.63) is 35.6 Å². The van der Waals surface area contributed by atoms with Crippen molar-refractivity contribution in [2.24, 2.45) is 7.05 Å². The van der Waals surface area contributed by atoms with Gasteiger partial charge in [-0.3, -0.25) is 4.68 Å². The molecule has 0 saturated heterocycles. The van der Waals surface area contributed by atoms with Gasteiger partial charge in [0.2, 0.25) is 5.95 Å². The number of nitrogens with zero attached hydrogens (tertiary/aromatic N) is 5. The zero-order valence-electron chi connectivity index (χ0n) is 11.4. The first-order chi connectivity index (χ1) is 9.61. The molecule has 0 saturated carbocycles. The molecule has 1 aliphatic rings. The van der Waals surface area contributed by atoms with Gasteiger partial charge in [-0.1, -0.05) is 0 Å². The predicted octanol–water partition coefficient (Wildman–Crippen LogP) is 0.473. The van der Waals surface area contributed by atoms with E-state index in [0.29, 0.717) is 17.2 Å². The number of esters is 1. The van der Waals surface area contributed by atoms with Gasteiger partial charge < -0.3 is 10.1 Å². The molecule has 0 bridgehead atoms. The number of hydrogen-bond acceptors (Lipinski definition) is 6. The smallest absolute Gasteiger partial charge is 0.338 e. The van der Waals surface area contributed by atoms with E-state index in [9.17, 15) is 4.79 Å². The van der Waals surface area contributed by atoms with Gasteiger partial charge in [0.05, 0.1) is 18.9 Å². The molecule has 3 heterocycles. The van der Waals surface area contributed by atoms with Crippen LogP contribution in [0.15, 0.2) is 30.0 Å². The number of hydrogen-bond donors (Lipinski definition) is 1. The van der Waals surface area contributed by atoms with Crippen molar-refractivity contribution < 1.29 is 9.53 Å². The van der Waals surface area contributed by atoms with Gasteiger partial charge in [0.15, 0.2) is 0 Å².